The standard InChI is InChI=1S/C36H63NO7/c1-6-8-10-12-14-16-17-18-19-21-22-24-26-34(38)43-31-32(30-42-29-28-33(36(40)41)37(3,4)5)44-35(39)27-25-23-20-15-13-11-9-7-2/h8,10,14,16,20,23,32-33H,6-7,9,11-13,15,17-19,21-22,24-31H2,1-5H3/b10-8+,16-14+,23-20+. The molecule has 0 saturated heterocycles. The van der Waals surface area contributed by atoms with E-state index in [0.717, 1.165) is 64.2 Å². The van der Waals surface area contributed by atoms with Gasteiger partial charge < -0.3 is 28.6 Å². The lowest BCUT2D eigenvalue weighted by atomic mass is 10.1. The minimum Gasteiger partial charge on any atom is -0.544 e. The summed E-state index contributed by atoms with van der Waals surface area (Å²) >= 11 is 0. The molecule has 44 heavy (non-hydrogen) atoms. The second kappa shape index (κ2) is 28.1. The van der Waals surface area contributed by atoms with Crippen molar-refractivity contribution in [2.45, 2.75) is 135 Å². The molecule has 8 nitrogen and oxygen atoms in total. The number of aliphatic carboxylic acids is 1. The summed E-state index contributed by atoms with van der Waals surface area (Å²) in [6.45, 7) is 4.41. The largest absolute Gasteiger partial charge is 0.544 e. The molecule has 0 aromatic carbocycles. The molecule has 2 atom stereocenters. The van der Waals surface area contributed by atoms with Gasteiger partial charge >= 0.3 is 11.9 Å². The highest BCUT2D eigenvalue weighted by atomic mass is 16.6. The normalized spacial score (nSPS) is 13.6. The molecule has 0 radical (unpaired) electrons. The van der Waals surface area contributed by atoms with Gasteiger partial charge in [-0.05, 0) is 51.4 Å². The van der Waals surface area contributed by atoms with Gasteiger partial charge in [-0.3, -0.25) is 9.59 Å². The Labute approximate surface area is 268 Å². The van der Waals surface area contributed by atoms with Crippen LogP contribution in [0.25, 0.3) is 0 Å². The third-order valence-corrected chi connectivity index (χ3v) is 7.27. The molecule has 0 rings (SSSR count). The molecule has 0 heterocycles. The number of carboxylic acid groups (broad SMARTS) is 1. The van der Waals surface area contributed by atoms with Gasteiger partial charge in [0.05, 0.1) is 40.3 Å². The van der Waals surface area contributed by atoms with Crippen LogP contribution in [0.1, 0.15) is 123 Å². The Kier molecular flexibility index (Phi) is 26.5. The Balaban J connectivity index is 4.52. The van der Waals surface area contributed by atoms with Gasteiger partial charge in [-0.15, -0.1) is 0 Å². The average molecular weight is 622 g/mol. The maximum atomic E-state index is 12.5. The molecule has 0 amide bonds. The number of carbonyl (C=O) groups is 3. The van der Waals surface area contributed by atoms with E-state index in [-0.39, 0.29) is 49.1 Å². The van der Waals surface area contributed by atoms with E-state index in [0.29, 0.717) is 12.8 Å². The molecule has 0 aromatic heterocycles. The van der Waals surface area contributed by atoms with Gasteiger partial charge in [0.1, 0.15) is 12.6 Å². The first-order valence-electron chi connectivity index (χ1n) is 17.0. The van der Waals surface area contributed by atoms with Crippen LogP contribution in [0, 0.1) is 0 Å². The molecule has 0 bridgehead atoms. The summed E-state index contributed by atoms with van der Waals surface area (Å²) in [7, 11) is 5.36. The van der Waals surface area contributed by atoms with Crippen LogP contribution in [-0.4, -0.2) is 75.5 Å². The molecule has 0 spiro atoms. The number of esters is 2. The molecule has 0 fully saturated rings. The predicted octanol–water partition coefficient (Wildman–Crippen LogP) is 6.62. The van der Waals surface area contributed by atoms with Gasteiger partial charge in [0.2, 0.25) is 0 Å². The highest BCUT2D eigenvalue weighted by molar-refractivity contribution is 5.70. The summed E-state index contributed by atoms with van der Waals surface area (Å²) in [4.78, 5) is 36.4. The molecule has 2 unspecified atom stereocenters. The van der Waals surface area contributed by atoms with E-state index in [1.165, 1.54) is 19.3 Å². The van der Waals surface area contributed by atoms with E-state index in [2.05, 4.69) is 44.2 Å². The number of rotatable bonds is 29. The number of carboxylic acids is 1. The topological polar surface area (TPSA) is 102 Å². The van der Waals surface area contributed by atoms with Gasteiger partial charge in [-0.25, -0.2) is 0 Å². The van der Waals surface area contributed by atoms with E-state index in [9.17, 15) is 19.5 Å². The van der Waals surface area contributed by atoms with Crippen LogP contribution in [0.5, 0.6) is 0 Å². The zero-order chi connectivity index (χ0) is 32.9. The Hall–Kier alpha value is -2.45. The first-order chi connectivity index (χ1) is 21.1. The number of quaternary nitrogens is 1. The monoisotopic (exact) mass is 621 g/mol. The van der Waals surface area contributed by atoms with Crippen LogP contribution in [0.2, 0.25) is 0 Å². The maximum absolute atomic E-state index is 12.5. The average Bonchev–Trinajstić information content (AvgIpc) is 2.96. The van der Waals surface area contributed by atoms with Crippen molar-refractivity contribution in [3.63, 3.8) is 0 Å². The van der Waals surface area contributed by atoms with Crippen LogP contribution < -0.4 is 5.11 Å². The fraction of sp³-hybridized carbons (Fsp3) is 0.750. The van der Waals surface area contributed by atoms with E-state index in [1.54, 1.807) is 21.1 Å². The van der Waals surface area contributed by atoms with Crippen molar-refractivity contribution < 1.29 is 38.2 Å². The van der Waals surface area contributed by atoms with Gasteiger partial charge in [-0.2, -0.15) is 0 Å². The lowest BCUT2D eigenvalue weighted by Crippen LogP contribution is -2.55. The Morgan fingerprint density at radius 3 is 1.98 bits per heavy atom. The summed E-state index contributed by atoms with van der Waals surface area (Å²) in [6.07, 6.45) is 27.7. The van der Waals surface area contributed by atoms with Gasteiger partial charge in [0, 0.05) is 19.3 Å². The van der Waals surface area contributed by atoms with E-state index < -0.39 is 18.1 Å². The molecule has 0 aliphatic carbocycles. The van der Waals surface area contributed by atoms with Gasteiger partial charge in [0.15, 0.2) is 6.10 Å². The molecular weight excluding hydrogens is 558 g/mol. The number of ether oxygens (including phenoxy) is 3. The summed E-state index contributed by atoms with van der Waals surface area (Å²) in [5.41, 5.74) is 0. The SMILES string of the molecule is CC/C=C/C/C=C/CCCCCCCC(=O)OCC(COCCC(C(=O)[O-])[N+](C)(C)C)OC(=O)CC/C=C/CCCCCC. The van der Waals surface area contributed by atoms with Crippen LogP contribution in [0.3, 0.4) is 0 Å². The smallest absolute Gasteiger partial charge is 0.306 e. The van der Waals surface area contributed by atoms with Crippen molar-refractivity contribution in [2.24, 2.45) is 0 Å². The van der Waals surface area contributed by atoms with Gasteiger partial charge in [0.25, 0.3) is 0 Å². The minimum atomic E-state index is -1.14. The fourth-order valence-electron chi connectivity index (χ4n) is 4.59. The van der Waals surface area contributed by atoms with E-state index in [4.69, 9.17) is 14.2 Å². The van der Waals surface area contributed by atoms with Crippen LogP contribution in [0.15, 0.2) is 36.5 Å². The Morgan fingerprint density at radius 1 is 0.705 bits per heavy atom. The molecule has 0 saturated carbocycles. The number of hydrogen-bond acceptors (Lipinski definition) is 7. The molecule has 0 aliphatic rings. The Morgan fingerprint density at radius 2 is 1.32 bits per heavy atom. The summed E-state index contributed by atoms with van der Waals surface area (Å²) in [5, 5.41) is 11.5. The van der Waals surface area contributed by atoms with E-state index in [1.807, 2.05) is 6.08 Å². The first-order valence-corrected chi connectivity index (χ1v) is 17.0. The highest BCUT2D eigenvalue weighted by Gasteiger charge is 2.25. The second-order valence-corrected chi connectivity index (χ2v) is 12.4. The number of carbonyl (C=O) groups excluding carboxylic acids is 3. The number of hydrogen-bond donors (Lipinski definition) is 0. The zero-order valence-electron chi connectivity index (χ0n) is 28.6. The van der Waals surface area contributed by atoms with Crippen LogP contribution in [0.4, 0.5) is 0 Å². The van der Waals surface area contributed by atoms with Gasteiger partial charge in [-0.1, -0.05) is 88.8 Å². The summed E-state index contributed by atoms with van der Waals surface area (Å²) in [5.74, 6) is -1.83. The third-order valence-electron chi connectivity index (χ3n) is 7.27. The van der Waals surface area contributed by atoms with Crippen molar-refractivity contribution in [3.8, 4) is 0 Å². The molecule has 0 aromatic rings. The number of likely N-dealkylation sites (N-methyl/N-ethyl adjacent to an activating group) is 1. The first kappa shape index (κ1) is 41.5. The maximum Gasteiger partial charge on any atom is 0.306 e. The number of allylic oxidation sites excluding steroid dienone is 6. The minimum absolute atomic E-state index is 0.0204. The lowest BCUT2D eigenvalue weighted by molar-refractivity contribution is -0.889. The highest BCUT2D eigenvalue weighted by Crippen LogP contribution is 2.11. The Bertz CT molecular complexity index is 829. The number of unbranched alkanes of at least 4 members (excludes halogenated alkanes) is 9. The zero-order valence-corrected chi connectivity index (χ0v) is 28.6. The summed E-state index contributed by atoms with van der Waals surface area (Å²) in [6, 6.07) is -0.730. The molecule has 0 aliphatic heterocycles. The molecule has 254 valence electrons. The predicted molar refractivity (Wildman–Crippen MR) is 176 cm³/mol. The van der Waals surface area contributed by atoms with Crippen LogP contribution in [-0.2, 0) is 28.6 Å². The van der Waals surface area contributed by atoms with Crippen molar-refractivity contribution in [1.29, 1.82) is 0 Å². The van der Waals surface area contributed by atoms with Crippen molar-refractivity contribution >= 4 is 17.9 Å². The second-order valence-electron chi connectivity index (χ2n) is 12.4. The quantitative estimate of drug-likeness (QED) is 0.0400. The molecule has 8 heteroatoms. The molecular formula is C36H63NO7. The summed E-state index contributed by atoms with van der Waals surface area (Å²) < 4.78 is 16.9. The van der Waals surface area contributed by atoms with Crippen molar-refractivity contribution in [2.75, 3.05) is 41.0 Å². The third kappa shape index (κ3) is 26.0. The van der Waals surface area contributed by atoms with Crippen LogP contribution >= 0.6 is 0 Å². The molecule has 0 N–H and O–H groups in total. The van der Waals surface area contributed by atoms with E-state index >= 15 is 0 Å². The van der Waals surface area contributed by atoms with Crippen molar-refractivity contribution in [3.05, 3.63) is 36.5 Å². The lowest BCUT2D eigenvalue weighted by Gasteiger charge is -2.34. The number of nitrogens with zero attached hydrogens (tertiary/aromatic N) is 1. The fourth-order valence-corrected chi connectivity index (χ4v) is 4.59. The van der Waals surface area contributed by atoms with Crippen molar-refractivity contribution in [1.82, 2.24) is 0 Å².